The minimum absolute atomic E-state index is 0.0547. The highest BCUT2D eigenvalue weighted by Crippen LogP contribution is 2.27. The van der Waals surface area contributed by atoms with Crippen LogP contribution >= 0.6 is 22.7 Å². The number of carbonyl (C=O) groups is 1. The number of thiazole rings is 2. The molecule has 28 heavy (non-hydrogen) atoms. The van der Waals surface area contributed by atoms with Crippen LogP contribution in [-0.4, -0.2) is 22.3 Å². The number of hydrogen-bond acceptors (Lipinski definition) is 7. The molecule has 0 saturated heterocycles. The number of anilines is 3. The van der Waals surface area contributed by atoms with Gasteiger partial charge in [-0.3, -0.25) is 4.79 Å². The standard InChI is InChI=1S/C21H20N4OS2/c1-13-19(14(2)26)28-21(23-13)24-16-9-7-15(8-10-16)11-12-22-20-25-17-5-3-4-6-18(17)27-20/h3-10H,11-12H2,1-2H3,(H,22,25)(H,23,24). The van der Waals surface area contributed by atoms with Gasteiger partial charge in [-0.1, -0.05) is 46.9 Å². The predicted molar refractivity (Wildman–Crippen MR) is 118 cm³/mol. The molecule has 142 valence electrons. The fourth-order valence-corrected chi connectivity index (χ4v) is 4.69. The first-order valence-electron chi connectivity index (χ1n) is 9.02. The van der Waals surface area contributed by atoms with E-state index in [2.05, 4.69) is 38.8 Å². The van der Waals surface area contributed by atoms with E-state index in [4.69, 9.17) is 0 Å². The molecule has 0 bridgehead atoms. The number of para-hydroxylation sites is 1. The molecule has 0 aliphatic heterocycles. The maximum absolute atomic E-state index is 11.6. The second-order valence-corrected chi connectivity index (χ2v) is 8.50. The van der Waals surface area contributed by atoms with Gasteiger partial charge in [0.25, 0.3) is 0 Å². The summed E-state index contributed by atoms with van der Waals surface area (Å²) in [5.74, 6) is 0.0547. The van der Waals surface area contributed by atoms with Gasteiger partial charge < -0.3 is 10.6 Å². The number of fused-ring (bicyclic) bond motifs is 1. The quantitative estimate of drug-likeness (QED) is 0.386. The number of nitrogens with one attached hydrogen (secondary N) is 2. The highest BCUT2D eigenvalue weighted by atomic mass is 32.1. The average molecular weight is 409 g/mol. The summed E-state index contributed by atoms with van der Waals surface area (Å²) in [6, 6.07) is 16.5. The molecule has 0 atom stereocenters. The van der Waals surface area contributed by atoms with Gasteiger partial charge >= 0.3 is 0 Å². The summed E-state index contributed by atoms with van der Waals surface area (Å²) in [6.45, 7) is 4.27. The summed E-state index contributed by atoms with van der Waals surface area (Å²) in [5.41, 5.74) is 4.03. The zero-order chi connectivity index (χ0) is 19.5. The smallest absolute Gasteiger partial charge is 0.188 e. The van der Waals surface area contributed by atoms with Gasteiger partial charge in [0, 0.05) is 19.2 Å². The second-order valence-electron chi connectivity index (χ2n) is 6.48. The van der Waals surface area contributed by atoms with E-state index in [9.17, 15) is 4.79 Å². The highest BCUT2D eigenvalue weighted by Gasteiger charge is 2.11. The molecule has 4 aromatic rings. The Bertz CT molecular complexity index is 1080. The maximum atomic E-state index is 11.6. The van der Waals surface area contributed by atoms with Crippen molar-refractivity contribution in [3.63, 3.8) is 0 Å². The Morgan fingerprint density at radius 1 is 1.00 bits per heavy atom. The Hall–Kier alpha value is -2.77. The summed E-state index contributed by atoms with van der Waals surface area (Å²) in [5, 5.41) is 8.39. The minimum atomic E-state index is 0.0547. The monoisotopic (exact) mass is 408 g/mol. The Morgan fingerprint density at radius 2 is 1.79 bits per heavy atom. The van der Waals surface area contributed by atoms with E-state index >= 15 is 0 Å². The van der Waals surface area contributed by atoms with Crippen LogP contribution in [0, 0.1) is 6.92 Å². The van der Waals surface area contributed by atoms with Crippen molar-refractivity contribution in [1.29, 1.82) is 0 Å². The predicted octanol–water partition coefficient (Wildman–Crippen LogP) is 5.66. The third kappa shape index (κ3) is 4.21. The molecule has 2 aromatic carbocycles. The van der Waals surface area contributed by atoms with Crippen LogP contribution < -0.4 is 10.6 Å². The number of ketones is 1. The van der Waals surface area contributed by atoms with Crippen molar-refractivity contribution in [2.45, 2.75) is 20.3 Å². The molecule has 5 nitrogen and oxygen atoms in total. The lowest BCUT2D eigenvalue weighted by molar-refractivity contribution is 0.102. The number of rotatable bonds is 7. The first-order valence-corrected chi connectivity index (χ1v) is 10.7. The van der Waals surface area contributed by atoms with Gasteiger partial charge in [-0.05, 0) is 43.2 Å². The van der Waals surface area contributed by atoms with Gasteiger partial charge in [0.15, 0.2) is 16.0 Å². The highest BCUT2D eigenvalue weighted by molar-refractivity contribution is 7.22. The number of carbonyl (C=O) groups excluding carboxylic acids is 1. The van der Waals surface area contributed by atoms with Crippen molar-refractivity contribution in [3.05, 3.63) is 64.7 Å². The average Bonchev–Trinajstić information content (AvgIpc) is 3.26. The Morgan fingerprint density at radius 3 is 2.50 bits per heavy atom. The van der Waals surface area contributed by atoms with Crippen LogP contribution in [0.4, 0.5) is 16.0 Å². The number of hydrogen-bond donors (Lipinski definition) is 2. The Kier molecular flexibility index (Phi) is 5.36. The topological polar surface area (TPSA) is 66.9 Å². The van der Waals surface area contributed by atoms with Gasteiger partial charge in [-0.15, -0.1) is 0 Å². The largest absolute Gasteiger partial charge is 0.361 e. The first-order chi connectivity index (χ1) is 13.6. The number of aryl methyl sites for hydroxylation is 1. The van der Waals surface area contributed by atoms with Crippen molar-refractivity contribution in [1.82, 2.24) is 9.97 Å². The van der Waals surface area contributed by atoms with Crippen molar-refractivity contribution in [2.75, 3.05) is 17.2 Å². The lowest BCUT2D eigenvalue weighted by Gasteiger charge is -2.06. The van der Waals surface area contributed by atoms with Gasteiger partial charge in [-0.2, -0.15) is 0 Å². The molecule has 0 aliphatic rings. The van der Waals surface area contributed by atoms with Crippen LogP contribution in [0.5, 0.6) is 0 Å². The molecule has 2 N–H and O–H groups in total. The number of benzene rings is 2. The molecule has 4 rings (SSSR count). The molecule has 0 spiro atoms. The van der Waals surface area contributed by atoms with Crippen LogP contribution in [-0.2, 0) is 6.42 Å². The Balaban J connectivity index is 1.33. The van der Waals surface area contributed by atoms with Crippen molar-refractivity contribution in [2.24, 2.45) is 0 Å². The second kappa shape index (κ2) is 8.08. The molecule has 0 amide bonds. The van der Waals surface area contributed by atoms with E-state index in [1.54, 1.807) is 18.3 Å². The lowest BCUT2D eigenvalue weighted by Crippen LogP contribution is -2.04. The number of Topliss-reactive ketones (excluding diaryl/α,β-unsaturated/α-hetero) is 1. The summed E-state index contributed by atoms with van der Waals surface area (Å²) in [4.78, 5) is 21.3. The van der Waals surface area contributed by atoms with Crippen LogP contribution in [0.3, 0.4) is 0 Å². The SMILES string of the molecule is CC(=O)c1sc(Nc2ccc(CCNc3nc4ccccc4s3)cc2)nc1C. The first kappa shape index (κ1) is 18.6. The normalized spacial score (nSPS) is 10.9. The van der Waals surface area contributed by atoms with Crippen molar-refractivity contribution in [3.8, 4) is 0 Å². The van der Waals surface area contributed by atoms with Gasteiger partial charge in [0.05, 0.1) is 20.8 Å². The van der Waals surface area contributed by atoms with Crippen LogP contribution in [0.1, 0.15) is 27.9 Å². The molecular weight excluding hydrogens is 388 g/mol. The molecule has 0 unspecified atom stereocenters. The van der Waals surface area contributed by atoms with E-state index in [1.165, 1.54) is 21.6 Å². The van der Waals surface area contributed by atoms with E-state index < -0.39 is 0 Å². The van der Waals surface area contributed by atoms with E-state index in [0.717, 1.165) is 40.1 Å². The molecule has 2 heterocycles. The zero-order valence-electron chi connectivity index (χ0n) is 15.7. The number of aromatic nitrogens is 2. The third-order valence-corrected chi connectivity index (χ3v) is 6.47. The summed E-state index contributed by atoms with van der Waals surface area (Å²) in [7, 11) is 0. The summed E-state index contributed by atoms with van der Waals surface area (Å²) in [6.07, 6.45) is 0.918. The van der Waals surface area contributed by atoms with E-state index in [-0.39, 0.29) is 5.78 Å². The Labute approximate surface area is 171 Å². The fraction of sp³-hybridized carbons (Fsp3) is 0.190. The molecule has 2 aromatic heterocycles. The summed E-state index contributed by atoms with van der Waals surface area (Å²) < 4.78 is 1.20. The van der Waals surface area contributed by atoms with Crippen LogP contribution in [0.2, 0.25) is 0 Å². The molecule has 0 radical (unpaired) electrons. The zero-order valence-corrected chi connectivity index (χ0v) is 17.3. The lowest BCUT2D eigenvalue weighted by atomic mass is 10.1. The van der Waals surface area contributed by atoms with Crippen LogP contribution in [0.15, 0.2) is 48.5 Å². The fourth-order valence-electron chi connectivity index (χ4n) is 2.92. The molecule has 7 heteroatoms. The molecule has 0 fully saturated rings. The van der Waals surface area contributed by atoms with Gasteiger partial charge in [-0.25, -0.2) is 9.97 Å². The number of nitrogens with zero attached hydrogens (tertiary/aromatic N) is 2. The molecule has 0 saturated carbocycles. The summed E-state index contributed by atoms with van der Waals surface area (Å²) >= 11 is 3.07. The van der Waals surface area contributed by atoms with Crippen molar-refractivity contribution < 1.29 is 4.79 Å². The molecular formula is C21H20N4OS2. The van der Waals surface area contributed by atoms with Crippen LogP contribution in [0.25, 0.3) is 10.2 Å². The molecule has 0 aliphatic carbocycles. The third-order valence-electron chi connectivity index (χ3n) is 4.31. The van der Waals surface area contributed by atoms with E-state index in [0.29, 0.717) is 4.88 Å². The maximum Gasteiger partial charge on any atom is 0.188 e. The van der Waals surface area contributed by atoms with Gasteiger partial charge in [0.1, 0.15) is 0 Å². The van der Waals surface area contributed by atoms with Gasteiger partial charge in [0.2, 0.25) is 0 Å². The van der Waals surface area contributed by atoms with Crippen molar-refractivity contribution >= 4 is 54.6 Å². The minimum Gasteiger partial charge on any atom is -0.361 e. The van der Waals surface area contributed by atoms with E-state index in [1.807, 2.05) is 37.3 Å².